The first-order valence-corrected chi connectivity index (χ1v) is 6.91. The van der Waals surface area contributed by atoms with Crippen molar-refractivity contribution in [3.05, 3.63) is 23.3 Å². The van der Waals surface area contributed by atoms with Gasteiger partial charge in [-0.15, -0.1) is 0 Å². The van der Waals surface area contributed by atoms with Gasteiger partial charge in [-0.25, -0.2) is 0 Å². The van der Waals surface area contributed by atoms with E-state index in [1.807, 2.05) is 0 Å². The maximum Gasteiger partial charge on any atom is 0.162 e. The minimum atomic E-state index is 0.0171. The highest BCUT2D eigenvalue weighted by molar-refractivity contribution is 8.15. The van der Waals surface area contributed by atoms with Gasteiger partial charge in [0.25, 0.3) is 0 Å². The van der Waals surface area contributed by atoms with Gasteiger partial charge in [-0.1, -0.05) is 29.5 Å². The second-order valence-electron chi connectivity index (χ2n) is 5.06. The molecule has 1 fully saturated rings. The van der Waals surface area contributed by atoms with E-state index >= 15 is 0 Å². The second kappa shape index (κ2) is 3.73. The van der Waals surface area contributed by atoms with Crippen molar-refractivity contribution in [3.63, 3.8) is 0 Å². The third-order valence-electron chi connectivity index (χ3n) is 3.62. The number of fused-ring (bicyclic) bond motifs is 3. The molecule has 0 aromatic heterocycles. The van der Waals surface area contributed by atoms with E-state index in [1.165, 1.54) is 11.1 Å². The Bertz CT molecular complexity index is 475. The van der Waals surface area contributed by atoms with Crippen LogP contribution < -0.4 is 0 Å². The predicted octanol–water partition coefficient (Wildman–Crippen LogP) is 2.81. The van der Waals surface area contributed by atoms with Gasteiger partial charge in [0.2, 0.25) is 0 Å². The van der Waals surface area contributed by atoms with E-state index in [1.54, 1.807) is 11.8 Å². The van der Waals surface area contributed by atoms with Crippen molar-refractivity contribution in [3.8, 4) is 0 Å². The molecular weight excluding hydrogens is 230 g/mol. The molecule has 17 heavy (non-hydrogen) atoms. The summed E-state index contributed by atoms with van der Waals surface area (Å²) in [6, 6.07) is 0. The van der Waals surface area contributed by atoms with E-state index in [-0.39, 0.29) is 4.75 Å². The van der Waals surface area contributed by atoms with Crippen LogP contribution >= 0.6 is 11.8 Å². The summed E-state index contributed by atoms with van der Waals surface area (Å²) in [5, 5.41) is 8.84. The highest BCUT2D eigenvalue weighted by Gasteiger charge is 2.43. The minimum Gasteiger partial charge on any atom is -0.306 e. The fourth-order valence-electron chi connectivity index (χ4n) is 2.60. The van der Waals surface area contributed by atoms with Crippen LogP contribution in [0.2, 0.25) is 0 Å². The Morgan fingerprint density at radius 2 is 2.35 bits per heavy atom. The zero-order valence-electron chi connectivity index (χ0n) is 10.3. The molecule has 1 saturated heterocycles. The van der Waals surface area contributed by atoms with Crippen LogP contribution in [0.25, 0.3) is 0 Å². The van der Waals surface area contributed by atoms with Crippen LogP contribution in [-0.2, 0) is 0 Å². The van der Waals surface area contributed by atoms with E-state index in [4.69, 9.17) is 5.41 Å². The van der Waals surface area contributed by atoms with Crippen molar-refractivity contribution < 1.29 is 0 Å². The largest absolute Gasteiger partial charge is 0.306 e. The Balaban J connectivity index is 2.11. The third-order valence-corrected chi connectivity index (χ3v) is 4.87. The first-order chi connectivity index (χ1) is 8.10. The van der Waals surface area contributed by atoms with Gasteiger partial charge >= 0.3 is 0 Å². The molecule has 0 amide bonds. The third kappa shape index (κ3) is 1.66. The van der Waals surface area contributed by atoms with Crippen molar-refractivity contribution in [2.75, 3.05) is 13.1 Å². The molecule has 4 heteroatoms. The number of aliphatic imine (C=N–C) groups is 1. The molecule has 3 aliphatic rings. The summed E-state index contributed by atoms with van der Waals surface area (Å²) < 4.78 is 0.0171. The van der Waals surface area contributed by atoms with Crippen molar-refractivity contribution in [2.45, 2.75) is 31.4 Å². The average molecular weight is 247 g/mol. The smallest absolute Gasteiger partial charge is 0.162 e. The Kier molecular flexibility index (Phi) is 2.43. The van der Waals surface area contributed by atoms with Crippen molar-refractivity contribution in [1.82, 2.24) is 4.90 Å². The van der Waals surface area contributed by atoms with Crippen LogP contribution in [0.3, 0.4) is 0 Å². The summed E-state index contributed by atoms with van der Waals surface area (Å²) in [6.45, 7) is 6.22. The molecule has 0 spiro atoms. The van der Waals surface area contributed by atoms with Gasteiger partial charge in [-0.2, -0.15) is 0 Å². The molecule has 1 unspecified atom stereocenters. The van der Waals surface area contributed by atoms with Gasteiger partial charge in [0.1, 0.15) is 5.84 Å². The lowest BCUT2D eigenvalue weighted by Crippen LogP contribution is -2.50. The number of hydrogen-bond acceptors (Lipinski definition) is 3. The average Bonchev–Trinajstić information content (AvgIpc) is 2.32. The number of thioether (sulfide) groups is 1. The lowest BCUT2D eigenvalue weighted by atomic mass is 9.87. The molecular formula is C13H17N3S. The van der Waals surface area contributed by atoms with E-state index in [2.05, 4.69) is 35.9 Å². The monoisotopic (exact) mass is 247 g/mol. The summed E-state index contributed by atoms with van der Waals surface area (Å²) in [4.78, 5) is 6.73. The summed E-state index contributed by atoms with van der Waals surface area (Å²) in [6.07, 6.45) is 6.58. The Morgan fingerprint density at radius 1 is 1.53 bits per heavy atom. The maximum absolute atomic E-state index is 8.17. The van der Waals surface area contributed by atoms with Crippen LogP contribution in [0.15, 0.2) is 28.3 Å². The molecule has 1 atom stereocenters. The zero-order valence-corrected chi connectivity index (χ0v) is 11.1. The Hall–Kier alpha value is -1.03. The fourth-order valence-corrected chi connectivity index (χ4v) is 3.75. The Morgan fingerprint density at radius 3 is 3.18 bits per heavy atom. The molecule has 2 aliphatic heterocycles. The molecule has 0 bridgehead atoms. The Labute approximate surface area is 106 Å². The molecule has 0 saturated carbocycles. The second-order valence-corrected chi connectivity index (χ2v) is 6.55. The fraction of sp³-hybridized carbons (Fsp3) is 0.538. The molecule has 0 aromatic rings. The summed E-state index contributed by atoms with van der Waals surface area (Å²) in [5.74, 6) is 1.05. The maximum atomic E-state index is 8.17. The number of nitrogens with zero attached hydrogens (tertiary/aromatic N) is 2. The number of rotatable bonds is 0. The number of hydrogen-bond donors (Lipinski definition) is 1. The van der Waals surface area contributed by atoms with Crippen LogP contribution in [-0.4, -0.2) is 33.7 Å². The van der Waals surface area contributed by atoms with Crippen LogP contribution in [0.5, 0.6) is 0 Å². The van der Waals surface area contributed by atoms with Crippen molar-refractivity contribution in [2.24, 2.45) is 4.99 Å². The quantitative estimate of drug-likeness (QED) is 0.715. The van der Waals surface area contributed by atoms with Crippen molar-refractivity contribution in [1.29, 1.82) is 5.41 Å². The zero-order chi connectivity index (χ0) is 12.0. The molecule has 1 N–H and O–H groups in total. The summed E-state index contributed by atoms with van der Waals surface area (Å²) >= 11 is 1.68. The SMILES string of the molecule is CC1=CCC2(C)SC(=N)N3CCCN=C3C2=C1. The lowest BCUT2D eigenvalue weighted by Gasteiger charge is -2.45. The molecule has 90 valence electrons. The topological polar surface area (TPSA) is 39.5 Å². The normalized spacial score (nSPS) is 32.2. The molecule has 3 nitrogen and oxygen atoms in total. The van der Waals surface area contributed by atoms with E-state index in [0.717, 1.165) is 31.8 Å². The highest BCUT2D eigenvalue weighted by atomic mass is 32.2. The number of nitrogens with one attached hydrogen (secondary N) is 1. The molecule has 0 radical (unpaired) electrons. The highest BCUT2D eigenvalue weighted by Crippen LogP contribution is 2.46. The molecule has 3 rings (SSSR count). The standard InChI is InChI=1S/C13H17N3S/c1-9-4-5-13(2)10(8-9)11-15-6-3-7-16(11)12(14)17-13/h4,8,14H,3,5-7H2,1-2H3. The van der Waals surface area contributed by atoms with Gasteiger partial charge in [0, 0.05) is 18.7 Å². The van der Waals surface area contributed by atoms with E-state index in [9.17, 15) is 0 Å². The first kappa shape index (κ1) is 11.1. The lowest BCUT2D eigenvalue weighted by molar-refractivity contribution is 0.539. The summed E-state index contributed by atoms with van der Waals surface area (Å²) in [5.41, 5.74) is 2.64. The van der Waals surface area contributed by atoms with Crippen LogP contribution in [0, 0.1) is 5.41 Å². The number of amidine groups is 2. The summed E-state index contributed by atoms with van der Waals surface area (Å²) in [7, 11) is 0. The first-order valence-electron chi connectivity index (χ1n) is 6.09. The van der Waals surface area contributed by atoms with Gasteiger partial charge < -0.3 is 4.90 Å². The van der Waals surface area contributed by atoms with Crippen LogP contribution in [0.4, 0.5) is 0 Å². The minimum absolute atomic E-state index is 0.0171. The van der Waals surface area contributed by atoms with Gasteiger partial charge in [-0.3, -0.25) is 10.4 Å². The van der Waals surface area contributed by atoms with Gasteiger partial charge in [-0.05, 0) is 26.7 Å². The van der Waals surface area contributed by atoms with Gasteiger partial charge in [0.15, 0.2) is 5.17 Å². The molecule has 1 aliphatic carbocycles. The predicted molar refractivity (Wildman–Crippen MR) is 73.8 cm³/mol. The molecule has 2 heterocycles. The van der Waals surface area contributed by atoms with E-state index < -0.39 is 0 Å². The van der Waals surface area contributed by atoms with Crippen molar-refractivity contribution >= 4 is 22.8 Å². The molecule has 0 aromatic carbocycles. The van der Waals surface area contributed by atoms with E-state index in [0.29, 0.717) is 5.17 Å². The number of allylic oxidation sites excluding steroid dienone is 3. The van der Waals surface area contributed by atoms with Crippen LogP contribution in [0.1, 0.15) is 26.7 Å². The van der Waals surface area contributed by atoms with Gasteiger partial charge in [0.05, 0.1) is 4.75 Å².